The fraction of sp³-hybridized carbons (Fsp3) is 0.545. The summed E-state index contributed by atoms with van der Waals surface area (Å²) >= 11 is 4.89. The summed E-state index contributed by atoms with van der Waals surface area (Å²) in [6.07, 6.45) is 0.516. The lowest BCUT2D eigenvalue weighted by Gasteiger charge is -2.25. The Morgan fingerprint density at radius 1 is 1.58 bits per heavy atom. The molecule has 106 valence electrons. The first kappa shape index (κ1) is 15.0. The van der Waals surface area contributed by atoms with E-state index in [1.807, 2.05) is 11.4 Å². The minimum Gasteiger partial charge on any atom is -0.480 e. The van der Waals surface area contributed by atoms with Crippen LogP contribution in [0.1, 0.15) is 11.3 Å². The second-order valence-electron chi connectivity index (χ2n) is 4.59. The van der Waals surface area contributed by atoms with E-state index < -0.39 is 15.8 Å². The number of halogens is 1. The highest BCUT2D eigenvalue weighted by Crippen LogP contribution is 2.24. The van der Waals surface area contributed by atoms with Crippen LogP contribution < -0.4 is 0 Å². The third-order valence-corrected chi connectivity index (χ3v) is 6.48. The smallest absolute Gasteiger partial charge is 0.317 e. The van der Waals surface area contributed by atoms with Crippen LogP contribution in [0.3, 0.4) is 0 Å². The number of carboxylic acids is 1. The lowest BCUT2D eigenvalue weighted by atomic mass is 10.2. The summed E-state index contributed by atoms with van der Waals surface area (Å²) in [6, 6.07) is 1.74. The van der Waals surface area contributed by atoms with Crippen LogP contribution in [-0.4, -0.2) is 48.5 Å². The van der Waals surface area contributed by atoms with Crippen LogP contribution in [0, 0.1) is 0 Å². The molecular formula is C11H14BrNO4S2. The molecular weight excluding hydrogens is 354 g/mol. The molecule has 1 aromatic heterocycles. The average molecular weight is 368 g/mol. The fourth-order valence-corrected chi connectivity index (χ4v) is 5.43. The second kappa shape index (κ2) is 5.90. The van der Waals surface area contributed by atoms with E-state index >= 15 is 0 Å². The van der Waals surface area contributed by atoms with Gasteiger partial charge >= 0.3 is 5.97 Å². The van der Waals surface area contributed by atoms with Gasteiger partial charge in [0, 0.05) is 27.3 Å². The molecule has 0 aromatic carbocycles. The van der Waals surface area contributed by atoms with Crippen molar-refractivity contribution in [3.8, 4) is 0 Å². The molecule has 1 saturated heterocycles. The number of carbonyl (C=O) groups is 1. The third kappa shape index (κ3) is 4.27. The highest BCUT2D eigenvalue weighted by atomic mass is 79.9. The predicted molar refractivity (Wildman–Crippen MR) is 77.1 cm³/mol. The number of carboxylic acid groups (broad SMARTS) is 1. The van der Waals surface area contributed by atoms with Gasteiger partial charge in [0.05, 0.1) is 18.1 Å². The van der Waals surface area contributed by atoms with Gasteiger partial charge in [-0.15, -0.1) is 11.3 Å². The zero-order chi connectivity index (χ0) is 14.0. The summed E-state index contributed by atoms with van der Waals surface area (Å²) in [5, 5.41) is 10.9. The first-order valence-corrected chi connectivity index (χ1v) is 9.24. The Labute approximate surface area is 124 Å². The van der Waals surface area contributed by atoms with Crippen molar-refractivity contribution in [1.82, 2.24) is 4.90 Å². The molecule has 0 amide bonds. The van der Waals surface area contributed by atoms with E-state index in [0.29, 0.717) is 13.0 Å². The van der Waals surface area contributed by atoms with Crippen molar-refractivity contribution in [2.24, 2.45) is 0 Å². The molecule has 0 spiro atoms. The number of hydrogen-bond acceptors (Lipinski definition) is 5. The maximum Gasteiger partial charge on any atom is 0.317 e. The van der Waals surface area contributed by atoms with Crippen LogP contribution in [0.25, 0.3) is 0 Å². The minimum atomic E-state index is -3.00. The minimum absolute atomic E-state index is 0.0623. The van der Waals surface area contributed by atoms with Gasteiger partial charge < -0.3 is 5.11 Å². The van der Waals surface area contributed by atoms with Crippen molar-refractivity contribution < 1.29 is 18.3 Å². The average Bonchev–Trinajstić information content (AvgIpc) is 2.83. The molecule has 5 nitrogen and oxygen atoms in total. The first-order chi connectivity index (χ1) is 8.85. The predicted octanol–water partition coefficient (Wildman–Crippen LogP) is 1.58. The monoisotopic (exact) mass is 367 g/mol. The van der Waals surface area contributed by atoms with Crippen LogP contribution in [-0.2, 0) is 21.2 Å². The summed E-state index contributed by atoms with van der Waals surface area (Å²) in [4.78, 5) is 13.7. The van der Waals surface area contributed by atoms with Crippen LogP contribution in [0.5, 0.6) is 0 Å². The third-order valence-electron chi connectivity index (χ3n) is 3.04. The molecule has 1 fully saturated rings. The van der Waals surface area contributed by atoms with Gasteiger partial charge in [-0.05, 0) is 28.4 Å². The molecule has 1 N–H and O–H groups in total. The standard InChI is InChI=1S/C11H14BrNO4S2/c12-8-3-10(18-6-8)4-13(5-11(14)15)9-1-2-19(16,17)7-9/h3,6,9H,1-2,4-5,7H2,(H,14,15). The van der Waals surface area contributed by atoms with Gasteiger partial charge in [-0.2, -0.15) is 0 Å². The van der Waals surface area contributed by atoms with E-state index in [9.17, 15) is 13.2 Å². The number of sulfone groups is 1. The molecule has 0 bridgehead atoms. The van der Waals surface area contributed by atoms with Crippen molar-refractivity contribution in [2.75, 3.05) is 18.1 Å². The van der Waals surface area contributed by atoms with Gasteiger partial charge in [0.2, 0.25) is 0 Å². The fourth-order valence-electron chi connectivity index (χ4n) is 2.19. The van der Waals surface area contributed by atoms with Crippen molar-refractivity contribution >= 4 is 43.1 Å². The zero-order valence-electron chi connectivity index (χ0n) is 10.1. The van der Waals surface area contributed by atoms with Crippen LogP contribution >= 0.6 is 27.3 Å². The molecule has 2 heterocycles. The normalized spacial score (nSPS) is 21.9. The number of thiophene rings is 1. The quantitative estimate of drug-likeness (QED) is 0.854. The molecule has 8 heteroatoms. The van der Waals surface area contributed by atoms with Gasteiger partial charge in [0.15, 0.2) is 9.84 Å². The first-order valence-electron chi connectivity index (χ1n) is 5.75. The highest BCUT2D eigenvalue weighted by molar-refractivity contribution is 9.10. The molecule has 1 aliphatic heterocycles. The molecule has 2 rings (SSSR count). The Hall–Kier alpha value is -0.440. The molecule has 1 aromatic rings. The molecule has 19 heavy (non-hydrogen) atoms. The second-order valence-corrected chi connectivity index (χ2v) is 8.73. The number of rotatable bonds is 5. The Morgan fingerprint density at radius 2 is 2.32 bits per heavy atom. The van der Waals surface area contributed by atoms with Crippen LogP contribution in [0.4, 0.5) is 0 Å². The number of aliphatic carboxylic acids is 1. The maximum atomic E-state index is 11.5. The summed E-state index contributed by atoms with van der Waals surface area (Å²) in [5.74, 6) is -0.714. The van der Waals surface area contributed by atoms with Gasteiger partial charge in [-0.25, -0.2) is 8.42 Å². The van der Waals surface area contributed by atoms with E-state index in [0.717, 1.165) is 9.35 Å². The van der Waals surface area contributed by atoms with E-state index in [-0.39, 0.29) is 24.1 Å². The lowest BCUT2D eigenvalue weighted by molar-refractivity contribution is -0.139. The Kier molecular flexibility index (Phi) is 4.65. The van der Waals surface area contributed by atoms with Crippen LogP contribution in [0.2, 0.25) is 0 Å². The van der Waals surface area contributed by atoms with Gasteiger partial charge in [-0.1, -0.05) is 0 Å². The summed E-state index contributed by atoms with van der Waals surface area (Å²) in [6.45, 7) is 0.346. The summed E-state index contributed by atoms with van der Waals surface area (Å²) < 4.78 is 24.0. The van der Waals surface area contributed by atoms with Crippen LogP contribution in [0.15, 0.2) is 15.9 Å². The van der Waals surface area contributed by atoms with E-state index in [1.54, 1.807) is 4.90 Å². The molecule has 0 aliphatic carbocycles. The van der Waals surface area contributed by atoms with Crippen molar-refractivity contribution in [2.45, 2.75) is 19.0 Å². The summed E-state index contributed by atoms with van der Waals surface area (Å²) in [5.41, 5.74) is 0. The van der Waals surface area contributed by atoms with Gasteiger partial charge in [0.1, 0.15) is 0 Å². The van der Waals surface area contributed by atoms with Gasteiger partial charge in [0.25, 0.3) is 0 Å². The number of nitrogens with zero attached hydrogens (tertiary/aromatic N) is 1. The summed E-state index contributed by atoms with van der Waals surface area (Å²) in [7, 11) is -3.00. The molecule has 1 atom stereocenters. The SMILES string of the molecule is O=C(O)CN(Cc1cc(Br)cs1)C1CCS(=O)(=O)C1. The zero-order valence-corrected chi connectivity index (χ0v) is 13.3. The molecule has 1 aliphatic rings. The van der Waals surface area contributed by atoms with Crippen molar-refractivity contribution in [3.05, 3.63) is 20.8 Å². The van der Waals surface area contributed by atoms with Gasteiger partial charge in [-0.3, -0.25) is 9.69 Å². The molecule has 0 saturated carbocycles. The Bertz CT molecular complexity index is 569. The molecule has 1 unspecified atom stereocenters. The van der Waals surface area contributed by atoms with Crippen molar-refractivity contribution in [3.63, 3.8) is 0 Å². The largest absolute Gasteiger partial charge is 0.480 e. The Morgan fingerprint density at radius 3 is 2.79 bits per heavy atom. The van der Waals surface area contributed by atoms with E-state index in [2.05, 4.69) is 15.9 Å². The topological polar surface area (TPSA) is 74.7 Å². The Balaban J connectivity index is 2.10. The maximum absolute atomic E-state index is 11.5. The number of hydrogen-bond donors (Lipinski definition) is 1. The highest BCUT2D eigenvalue weighted by Gasteiger charge is 2.33. The van der Waals surface area contributed by atoms with E-state index in [4.69, 9.17) is 5.11 Å². The molecule has 0 radical (unpaired) electrons. The van der Waals surface area contributed by atoms with E-state index in [1.165, 1.54) is 11.3 Å². The lowest BCUT2D eigenvalue weighted by Crippen LogP contribution is -2.39. The van der Waals surface area contributed by atoms with Crippen molar-refractivity contribution in [1.29, 1.82) is 0 Å².